The SMILES string of the molecule is COc1ccc(C(=O)N2CCCC(C(=O)Nc3ccc(Br)cn3)C2)c2ccccc12. The maximum Gasteiger partial charge on any atom is 0.254 e. The van der Waals surface area contributed by atoms with Crippen molar-refractivity contribution in [3.05, 3.63) is 64.8 Å². The molecule has 0 radical (unpaired) electrons. The molecule has 1 N–H and O–H groups in total. The summed E-state index contributed by atoms with van der Waals surface area (Å²) in [6, 6.07) is 14.9. The number of piperidine rings is 1. The van der Waals surface area contributed by atoms with E-state index < -0.39 is 0 Å². The molecule has 1 atom stereocenters. The lowest BCUT2D eigenvalue weighted by atomic mass is 9.95. The Morgan fingerprint density at radius 2 is 1.93 bits per heavy atom. The molecule has 1 aromatic heterocycles. The van der Waals surface area contributed by atoms with Gasteiger partial charge in [-0.15, -0.1) is 0 Å². The van der Waals surface area contributed by atoms with Crippen LogP contribution in [0.4, 0.5) is 5.82 Å². The number of benzene rings is 2. The van der Waals surface area contributed by atoms with Crippen molar-refractivity contribution in [1.29, 1.82) is 0 Å². The van der Waals surface area contributed by atoms with E-state index in [1.807, 2.05) is 36.4 Å². The first kappa shape index (κ1) is 20.3. The predicted octanol–water partition coefficient (Wildman–Crippen LogP) is 4.50. The van der Waals surface area contributed by atoms with Gasteiger partial charge in [0.2, 0.25) is 5.91 Å². The van der Waals surface area contributed by atoms with Gasteiger partial charge in [-0.25, -0.2) is 4.98 Å². The van der Waals surface area contributed by atoms with Gasteiger partial charge in [-0.3, -0.25) is 9.59 Å². The van der Waals surface area contributed by atoms with Gasteiger partial charge in [0.25, 0.3) is 5.91 Å². The topological polar surface area (TPSA) is 71.5 Å². The third-order valence-electron chi connectivity index (χ3n) is 5.39. The predicted molar refractivity (Wildman–Crippen MR) is 120 cm³/mol. The molecule has 0 saturated carbocycles. The average Bonchev–Trinajstić information content (AvgIpc) is 2.79. The highest BCUT2D eigenvalue weighted by Gasteiger charge is 2.30. The van der Waals surface area contributed by atoms with Gasteiger partial charge < -0.3 is 15.0 Å². The van der Waals surface area contributed by atoms with Gasteiger partial charge in [0, 0.05) is 34.7 Å². The number of rotatable bonds is 4. The fourth-order valence-electron chi connectivity index (χ4n) is 3.86. The standard InChI is InChI=1S/C23H22BrN3O3/c1-30-20-10-9-19(17-6-2-3-7-18(17)20)23(29)27-12-4-5-15(14-27)22(28)26-21-11-8-16(24)13-25-21/h2-3,6-11,13,15H,4-5,12,14H2,1H3,(H,25,26,28). The second-order valence-electron chi connectivity index (χ2n) is 7.30. The number of nitrogens with zero attached hydrogens (tertiary/aromatic N) is 2. The van der Waals surface area contributed by atoms with Crippen LogP contribution in [0.15, 0.2) is 59.2 Å². The summed E-state index contributed by atoms with van der Waals surface area (Å²) in [4.78, 5) is 32.0. The molecule has 1 aliphatic heterocycles. The Hall–Kier alpha value is -2.93. The van der Waals surface area contributed by atoms with E-state index in [-0.39, 0.29) is 17.7 Å². The van der Waals surface area contributed by atoms with Crippen LogP contribution in [-0.2, 0) is 4.79 Å². The fourth-order valence-corrected chi connectivity index (χ4v) is 4.09. The number of methoxy groups -OCH3 is 1. The van der Waals surface area contributed by atoms with Gasteiger partial charge >= 0.3 is 0 Å². The van der Waals surface area contributed by atoms with E-state index in [1.165, 1.54) is 0 Å². The van der Waals surface area contributed by atoms with Crippen molar-refractivity contribution in [3.8, 4) is 5.75 Å². The maximum atomic E-state index is 13.3. The molecule has 1 saturated heterocycles. The Morgan fingerprint density at radius 3 is 2.67 bits per heavy atom. The Labute approximate surface area is 183 Å². The normalized spacial score (nSPS) is 16.3. The number of ether oxygens (including phenoxy) is 1. The Bertz CT molecular complexity index is 1080. The lowest BCUT2D eigenvalue weighted by molar-refractivity contribution is -0.121. The number of carbonyl (C=O) groups is 2. The number of hydrogen-bond donors (Lipinski definition) is 1. The molecule has 1 fully saturated rings. The van der Waals surface area contributed by atoms with E-state index in [0.29, 0.717) is 24.5 Å². The summed E-state index contributed by atoms with van der Waals surface area (Å²) in [5.74, 6) is 0.806. The first-order valence-corrected chi connectivity index (χ1v) is 10.6. The van der Waals surface area contributed by atoms with E-state index in [9.17, 15) is 9.59 Å². The number of nitrogens with one attached hydrogen (secondary N) is 1. The number of halogens is 1. The lowest BCUT2D eigenvalue weighted by Crippen LogP contribution is -2.43. The van der Waals surface area contributed by atoms with Crippen LogP contribution in [-0.4, -0.2) is 41.9 Å². The number of amides is 2. The van der Waals surface area contributed by atoms with Gasteiger partial charge in [0.15, 0.2) is 0 Å². The number of anilines is 1. The number of hydrogen-bond acceptors (Lipinski definition) is 4. The minimum absolute atomic E-state index is 0.0619. The van der Waals surface area contributed by atoms with Crippen molar-refractivity contribution in [3.63, 3.8) is 0 Å². The van der Waals surface area contributed by atoms with Gasteiger partial charge in [-0.1, -0.05) is 24.3 Å². The second kappa shape index (κ2) is 8.83. The minimum Gasteiger partial charge on any atom is -0.496 e. The molecule has 1 unspecified atom stereocenters. The Kier molecular flexibility index (Phi) is 5.99. The van der Waals surface area contributed by atoms with Gasteiger partial charge in [-0.05, 0) is 58.4 Å². The number of carbonyl (C=O) groups excluding carboxylic acids is 2. The van der Waals surface area contributed by atoms with Crippen molar-refractivity contribution < 1.29 is 14.3 Å². The molecule has 30 heavy (non-hydrogen) atoms. The molecule has 6 nitrogen and oxygen atoms in total. The molecule has 7 heteroatoms. The molecule has 1 aliphatic rings. The number of pyridine rings is 1. The van der Waals surface area contributed by atoms with Crippen LogP contribution < -0.4 is 10.1 Å². The van der Waals surface area contributed by atoms with Crippen LogP contribution in [0.2, 0.25) is 0 Å². The first-order chi connectivity index (χ1) is 14.6. The monoisotopic (exact) mass is 467 g/mol. The molecular formula is C23H22BrN3O3. The quantitative estimate of drug-likeness (QED) is 0.613. The van der Waals surface area contributed by atoms with Crippen molar-refractivity contribution >= 4 is 44.3 Å². The molecule has 4 rings (SSSR count). The molecule has 0 aliphatic carbocycles. The average molecular weight is 468 g/mol. The summed E-state index contributed by atoms with van der Waals surface area (Å²) >= 11 is 3.33. The zero-order chi connectivity index (χ0) is 21.1. The lowest BCUT2D eigenvalue weighted by Gasteiger charge is -2.32. The largest absolute Gasteiger partial charge is 0.496 e. The second-order valence-corrected chi connectivity index (χ2v) is 8.22. The molecule has 2 aromatic carbocycles. The fraction of sp³-hybridized carbons (Fsp3) is 0.261. The van der Waals surface area contributed by atoms with E-state index in [2.05, 4.69) is 26.2 Å². The summed E-state index contributed by atoms with van der Waals surface area (Å²) in [5, 5.41) is 4.61. The summed E-state index contributed by atoms with van der Waals surface area (Å²) in [6.45, 7) is 1.03. The minimum atomic E-state index is -0.266. The van der Waals surface area contributed by atoms with E-state index in [1.54, 1.807) is 30.3 Å². The summed E-state index contributed by atoms with van der Waals surface area (Å²) < 4.78 is 6.28. The molecule has 0 spiro atoms. The Morgan fingerprint density at radius 1 is 1.13 bits per heavy atom. The van der Waals surface area contributed by atoms with Crippen LogP contribution in [0.25, 0.3) is 10.8 Å². The third-order valence-corrected chi connectivity index (χ3v) is 5.86. The van der Waals surface area contributed by atoms with Gasteiger partial charge in [-0.2, -0.15) is 0 Å². The van der Waals surface area contributed by atoms with Gasteiger partial charge in [0.1, 0.15) is 11.6 Å². The molecular weight excluding hydrogens is 446 g/mol. The van der Waals surface area contributed by atoms with E-state index in [0.717, 1.165) is 33.8 Å². The van der Waals surface area contributed by atoms with Crippen molar-refractivity contribution in [2.75, 3.05) is 25.5 Å². The van der Waals surface area contributed by atoms with Crippen molar-refractivity contribution in [2.24, 2.45) is 5.92 Å². The molecule has 3 aromatic rings. The highest BCUT2D eigenvalue weighted by Crippen LogP contribution is 2.30. The molecule has 2 heterocycles. The van der Waals surface area contributed by atoms with Gasteiger partial charge in [0.05, 0.1) is 13.0 Å². The number of likely N-dealkylation sites (tertiary alicyclic amines) is 1. The van der Waals surface area contributed by atoms with Crippen LogP contribution in [0.5, 0.6) is 5.75 Å². The molecule has 2 amide bonds. The van der Waals surface area contributed by atoms with Crippen molar-refractivity contribution in [1.82, 2.24) is 9.88 Å². The summed E-state index contributed by atoms with van der Waals surface area (Å²) in [6.07, 6.45) is 3.17. The van der Waals surface area contributed by atoms with Crippen molar-refractivity contribution in [2.45, 2.75) is 12.8 Å². The first-order valence-electron chi connectivity index (χ1n) is 9.84. The number of fused-ring (bicyclic) bond motifs is 1. The highest BCUT2D eigenvalue weighted by molar-refractivity contribution is 9.10. The Balaban J connectivity index is 1.52. The van der Waals surface area contributed by atoms with Crippen LogP contribution in [0.3, 0.4) is 0 Å². The van der Waals surface area contributed by atoms with Crippen LogP contribution >= 0.6 is 15.9 Å². The molecule has 0 bridgehead atoms. The zero-order valence-electron chi connectivity index (χ0n) is 16.6. The smallest absolute Gasteiger partial charge is 0.254 e. The highest BCUT2D eigenvalue weighted by atomic mass is 79.9. The maximum absolute atomic E-state index is 13.3. The van der Waals surface area contributed by atoms with E-state index >= 15 is 0 Å². The summed E-state index contributed by atoms with van der Waals surface area (Å²) in [7, 11) is 1.62. The zero-order valence-corrected chi connectivity index (χ0v) is 18.2. The summed E-state index contributed by atoms with van der Waals surface area (Å²) in [5.41, 5.74) is 0.627. The van der Waals surface area contributed by atoms with Crippen LogP contribution in [0.1, 0.15) is 23.2 Å². The number of aromatic nitrogens is 1. The molecule has 154 valence electrons. The van der Waals surface area contributed by atoms with E-state index in [4.69, 9.17) is 4.74 Å². The van der Waals surface area contributed by atoms with Crippen LogP contribution in [0, 0.1) is 5.92 Å². The third kappa shape index (κ3) is 4.16.